The summed E-state index contributed by atoms with van der Waals surface area (Å²) >= 11 is 1.62. The van der Waals surface area contributed by atoms with Crippen LogP contribution in [0.25, 0.3) is 0 Å². The van der Waals surface area contributed by atoms with E-state index in [4.69, 9.17) is 4.74 Å². The van der Waals surface area contributed by atoms with E-state index in [-0.39, 0.29) is 23.6 Å². The van der Waals surface area contributed by atoms with Crippen molar-refractivity contribution in [3.05, 3.63) is 60.2 Å². The van der Waals surface area contributed by atoms with Crippen molar-refractivity contribution in [3.63, 3.8) is 0 Å². The van der Waals surface area contributed by atoms with Crippen LogP contribution in [-0.2, 0) is 16.0 Å². The highest BCUT2D eigenvalue weighted by molar-refractivity contribution is 8.00. The maximum absolute atomic E-state index is 12.2. The minimum atomic E-state index is 0.0431. The first kappa shape index (κ1) is 17.5. The average molecular weight is 355 g/mol. The van der Waals surface area contributed by atoms with Gasteiger partial charge in [0.2, 0.25) is 5.91 Å². The fourth-order valence-corrected chi connectivity index (χ4v) is 3.88. The van der Waals surface area contributed by atoms with E-state index in [2.05, 4.69) is 0 Å². The van der Waals surface area contributed by atoms with Crippen LogP contribution in [-0.4, -0.2) is 35.6 Å². The summed E-state index contributed by atoms with van der Waals surface area (Å²) in [7, 11) is 1.63. The van der Waals surface area contributed by atoms with Crippen molar-refractivity contribution in [1.29, 1.82) is 0 Å². The monoisotopic (exact) mass is 355 g/mol. The normalized spacial score (nSPS) is 16.4. The first-order valence-corrected chi connectivity index (χ1v) is 9.19. The van der Waals surface area contributed by atoms with E-state index in [1.165, 1.54) is 0 Å². The third kappa shape index (κ3) is 4.63. The number of benzene rings is 2. The Kier molecular flexibility index (Phi) is 5.76. The van der Waals surface area contributed by atoms with E-state index in [1.54, 1.807) is 23.8 Å². The highest BCUT2D eigenvalue weighted by atomic mass is 32.2. The number of methoxy groups -OCH3 is 1. The van der Waals surface area contributed by atoms with Gasteiger partial charge in [-0.3, -0.25) is 9.59 Å². The molecule has 1 aliphatic heterocycles. The number of likely N-dealkylation sites (tertiary alicyclic amines) is 1. The standard InChI is InChI=1S/C20H21NO3S/c1-24-17-9-11-18(12-10-17)25-20-13-19(23)21(20)14-16(22)8-7-15-5-3-2-4-6-15/h2-6,9-12,20H,7-8,13-14H2,1H3. The van der Waals surface area contributed by atoms with Crippen LogP contribution in [0.15, 0.2) is 59.5 Å². The summed E-state index contributed by atoms with van der Waals surface area (Å²) in [6, 6.07) is 17.7. The first-order valence-electron chi connectivity index (χ1n) is 8.31. The predicted octanol–water partition coefficient (Wildman–Crippen LogP) is 3.55. The number of carbonyl (C=O) groups excluding carboxylic acids is 2. The molecule has 0 aliphatic carbocycles. The second-order valence-corrected chi connectivity index (χ2v) is 7.25. The molecule has 2 aromatic rings. The van der Waals surface area contributed by atoms with Gasteiger partial charge >= 0.3 is 0 Å². The number of amides is 1. The van der Waals surface area contributed by atoms with Gasteiger partial charge in [-0.25, -0.2) is 0 Å². The number of nitrogens with zero attached hydrogens (tertiary/aromatic N) is 1. The molecule has 2 aromatic carbocycles. The Morgan fingerprint density at radius 2 is 1.88 bits per heavy atom. The van der Waals surface area contributed by atoms with Gasteiger partial charge in [-0.1, -0.05) is 30.3 Å². The number of hydrogen-bond acceptors (Lipinski definition) is 4. The van der Waals surface area contributed by atoms with Crippen molar-refractivity contribution in [2.24, 2.45) is 0 Å². The second-order valence-electron chi connectivity index (χ2n) is 6.00. The van der Waals surface area contributed by atoms with Crippen LogP contribution in [0.2, 0.25) is 0 Å². The van der Waals surface area contributed by atoms with Crippen LogP contribution in [0.5, 0.6) is 5.75 Å². The van der Waals surface area contributed by atoms with Gasteiger partial charge in [0, 0.05) is 11.3 Å². The first-order chi connectivity index (χ1) is 12.2. The predicted molar refractivity (Wildman–Crippen MR) is 98.7 cm³/mol. The molecule has 1 saturated heterocycles. The highest BCUT2D eigenvalue weighted by Crippen LogP contribution is 2.35. The van der Waals surface area contributed by atoms with E-state index < -0.39 is 0 Å². The molecule has 0 N–H and O–H groups in total. The number of rotatable bonds is 8. The Morgan fingerprint density at radius 1 is 1.16 bits per heavy atom. The summed E-state index contributed by atoms with van der Waals surface area (Å²) in [5.74, 6) is 0.971. The van der Waals surface area contributed by atoms with E-state index in [0.29, 0.717) is 12.8 Å². The van der Waals surface area contributed by atoms with Crippen LogP contribution >= 0.6 is 11.8 Å². The Labute approximate surface area is 152 Å². The molecule has 130 valence electrons. The van der Waals surface area contributed by atoms with Gasteiger partial charge < -0.3 is 9.64 Å². The number of thioether (sulfide) groups is 1. The summed E-state index contributed by atoms with van der Waals surface area (Å²) in [5.41, 5.74) is 1.15. The van der Waals surface area contributed by atoms with Gasteiger partial charge in [-0.05, 0) is 36.2 Å². The smallest absolute Gasteiger partial charge is 0.226 e. The molecule has 4 nitrogen and oxygen atoms in total. The Balaban J connectivity index is 1.50. The number of Topliss-reactive ketones (excluding diaryl/α,β-unsaturated/α-hetero) is 1. The molecule has 1 amide bonds. The van der Waals surface area contributed by atoms with Crippen LogP contribution in [0.3, 0.4) is 0 Å². The third-order valence-corrected chi connectivity index (χ3v) is 5.47. The summed E-state index contributed by atoms with van der Waals surface area (Å²) in [5, 5.41) is 0.0431. The molecule has 1 unspecified atom stereocenters. The molecule has 3 rings (SSSR count). The molecular weight excluding hydrogens is 334 g/mol. The molecule has 1 heterocycles. The number of ether oxygens (including phenoxy) is 1. The number of β-lactam (4-membered cyclic amide) rings is 1. The molecule has 1 aliphatic rings. The van der Waals surface area contributed by atoms with E-state index >= 15 is 0 Å². The van der Waals surface area contributed by atoms with Crippen LogP contribution in [0.1, 0.15) is 18.4 Å². The fraction of sp³-hybridized carbons (Fsp3) is 0.300. The van der Waals surface area contributed by atoms with Gasteiger partial charge in [0.05, 0.1) is 25.4 Å². The Bertz CT molecular complexity index is 730. The lowest BCUT2D eigenvalue weighted by Gasteiger charge is -2.39. The topological polar surface area (TPSA) is 46.6 Å². The lowest BCUT2D eigenvalue weighted by Crippen LogP contribution is -2.52. The fourth-order valence-electron chi connectivity index (χ4n) is 2.73. The van der Waals surface area contributed by atoms with Crippen molar-refractivity contribution in [3.8, 4) is 5.75 Å². The van der Waals surface area contributed by atoms with Crippen molar-refractivity contribution in [2.75, 3.05) is 13.7 Å². The number of carbonyl (C=O) groups is 2. The average Bonchev–Trinajstić information content (AvgIpc) is 2.65. The molecular formula is C20H21NO3S. The van der Waals surface area contributed by atoms with Crippen LogP contribution in [0, 0.1) is 0 Å². The van der Waals surface area contributed by atoms with Crippen molar-refractivity contribution in [1.82, 2.24) is 4.90 Å². The van der Waals surface area contributed by atoms with Crippen molar-refractivity contribution < 1.29 is 14.3 Å². The molecule has 0 radical (unpaired) electrons. The highest BCUT2D eigenvalue weighted by Gasteiger charge is 2.37. The molecule has 0 saturated carbocycles. The third-order valence-electron chi connectivity index (χ3n) is 4.23. The molecule has 1 fully saturated rings. The summed E-state index contributed by atoms with van der Waals surface area (Å²) < 4.78 is 5.15. The summed E-state index contributed by atoms with van der Waals surface area (Å²) in [6.45, 7) is 0.208. The SMILES string of the molecule is COc1ccc(SC2CC(=O)N2CC(=O)CCc2ccccc2)cc1. The molecule has 25 heavy (non-hydrogen) atoms. The second kappa shape index (κ2) is 8.21. The lowest BCUT2D eigenvalue weighted by atomic mass is 10.1. The number of aryl methyl sites for hydroxylation is 1. The van der Waals surface area contributed by atoms with Gasteiger partial charge in [0.1, 0.15) is 5.75 Å². The molecule has 1 atom stereocenters. The Hall–Kier alpha value is -2.27. The Morgan fingerprint density at radius 3 is 2.52 bits per heavy atom. The van der Waals surface area contributed by atoms with Crippen LogP contribution < -0.4 is 4.74 Å². The van der Waals surface area contributed by atoms with Crippen LogP contribution in [0.4, 0.5) is 0 Å². The van der Waals surface area contributed by atoms with E-state index in [0.717, 1.165) is 22.6 Å². The minimum Gasteiger partial charge on any atom is -0.497 e. The van der Waals surface area contributed by atoms with Crippen molar-refractivity contribution >= 4 is 23.5 Å². The van der Waals surface area contributed by atoms with Gasteiger partial charge in [-0.2, -0.15) is 0 Å². The molecule has 0 bridgehead atoms. The molecule has 0 aromatic heterocycles. The zero-order valence-electron chi connectivity index (χ0n) is 14.2. The van der Waals surface area contributed by atoms with Crippen molar-refractivity contribution in [2.45, 2.75) is 29.5 Å². The van der Waals surface area contributed by atoms with Gasteiger partial charge in [0.25, 0.3) is 0 Å². The minimum absolute atomic E-state index is 0.0431. The maximum Gasteiger partial charge on any atom is 0.226 e. The number of ketones is 1. The summed E-state index contributed by atoms with van der Waals surface area (Å²) in [6.07, 6.45) is 1.67. The van der Waals surface area contributed by atoms with Gasteiger partial charge in [-0.15, -0.1) is 11.8 Å². The quantitative estimate of drug-likeness (QED) is 0.680. The lowest BCUT2D eigenvalue weighted by molar-refractivity contribution is -0.144. The van der Waals surface area contributed by atoms with E-state index in [1.807, 2.05) is 54.6 Å². The zero-order chi connectivity index (χ0) is 17.6. The van der Waals surface area contributed by atoms with Gasteiger partial charge in [0.15, 0.2) is 5.78 Å². The number of hydrogen-bond donors (Lipinski definition) is 0. The zero-order valence-corrected chi connectivity index (χ0v) is 15.0. The maximum atomic E-state index is 12.2. The molecule has 5 heteroatoms. The summed E-state index contributed by atoms with van der Waals surface area (Å²) in [4.78, 5) is 26.9. The van der Waals surface area contributed by atoms with E-state index in [9.17, 15) is 9.59 Å². The molecule has 0 spiro atoms. The largest absolute Gasteiger partial charge is 0.497 e.